The van der Waals surface area contributed by atoms with Crippen LogP contribution in [0.2, 0.25) is 0 Å². The molecule has 0 radical (unpaired) electrons. The molecule has 0 bridgehead atoms. The first-order valence-electron chi connectivity index (χ1n) is 5.49. The van der Waals surface area contributed by atoms with Crippen LogP contribution in [0.15, 0.2) is 47.6 Å². The minimum atomic E-state index is -0.223. The van der Waals surface area contributed by atoms with Crippen LogP contribution < -0.4 is 11.5 Å². The summed E-state index contributed by atoms with van der Waals surface area (Å²) in [5.74, 6) is 0.0457. The van der Waals surface area contributed by atoms with E-state index in [9.17, 15) is 4.79 Å². The van der Waals surface area contributed by atoms with Gasteiger partial charge < -0.3 is 11.5 Å². The summed E-state index contributed by atoms with van der Waals surface area (Å²) in [4.78, 5) is 16.3. The van der Waals surface area contributed by atoms with Gasteiger partial charge in [0.25, 0.3) is 0 Å². The van der Waals surface area contributed by atoms with E-state index >= 15 is 0 Å². The third-order valence-corrected chi connectivity index (χ3v) is 3.07. The molecule has 19 heavy (non-hydrogen) atoms. The predicted octanol–water partition coefficient (Wildman–Crippen LogP) is 2.90. The Hall–Kier alpha value is -2.14. The highest BCUT2D eigenvalue weighted by molar-refractivity contribution is 9.10. The molecule has 1 aromatic heterocycles. The molecule has 0 unspecified atom stereocenters. The molecular formula is C14H12BrN3O. The summed E-state index contributed by atoms with van der Waals surface area (Å²) < 4.78 is 0.734. The molecule has 0 amide bonds. The zero-order valence-corrected chi connectivity index (χ0v) is 11.6. The van der Waals surface area contributed by atoms with Gasteiger partial charge in [0.15, 0.2) is 5.78 Å². The number of aromatic nitrogens is 1. The van der Waals surface area contributed by atoms with Crippen LogP contribution in [0.4, 0.5) is 11.5 Å². The van der Waals surface area contributed by atoms with E-state index in [1.165, 1.54) is 0 Å². The van der Waals surface area contributed by atoms with Crippen molar-refractivity contribution >= 4 is 38.8 Å². The Labute approximate surface area is 119 Å². The molecule has 0 saturated heterocycles. The summed E-state index contributed by atoms with van der Waals surface area (Å²) in [5, 5.41) is 0. The van der Waals surface area contributed by atoms with Crippen LogP contribution >= 0.6 is 15.9 Å². The maximum absolute atomic E-state index is 12.3. The van der Waals surface area contributed by atoms with Crippen LogP contribution in [0.3, 0.4) is 0 Å². The van der Waals surface area contributed by atoms with Crippen molar-refractivity contribution < 1.29 is 4.79 Å². The normalized spacial score (nSPS) is 10.2. The Kier molecular flexibility index (Phi) is 3.66. The monoisotopic (exact) mass is 317 g/mol. The number of allylic oxidation sites excluding steroid dienone is 1. The Balaban J connectivity index is 2.39. The molecule has 0 aliphatic heterocycles. The number of rotatable bonds is 3. The number of hydrogen-bond acceptors (Lipinski definition) is 4. The first-order valence-corrected chi connectivity index (χ1v) is 6.29. The van der Waals surface area contributed by atoms with Crippen molar-refractivity contribution in [2.24, 2.45) is 0 Å². The molecule has 1 aromatic carbocycles. The summed E-state index contributed by atoms with van der Waals surface area (Å²) in [7, 11) is 0. The number of nitrogens with zero attached hydrogens (tertiary/aromatic N) is 1. The molecule has 96 valence electrons. The zero-order valence-electron chi connectivity index (χ0n) is 10.1. The number of anilines is 2. The van der Waals surface area contributed by atoms with Crippen LogP contribution in [0.25, 0.3) is 5.57 Å². The van der Waals surface area contributed by atoms with Gasteiger partial charge in [-0.1, -0.05) is 18.7 Å². The van der Waals surface area contributed by atoms with E-state index in [-0.39, 0.29) is 17.2 Å². The molecule has 2 aromatic rings. The van der Waals surface area contributed by atoms with E-state index in [0.717, 1.165) is 4.47 Å². The number of nitrogens with two attached hydrogens (primary N) is 2. The van der Waals surface area contributed by atoms with Crippen LogP contribution in [-0.4, -0.2) is 10.8 Å². The maximum Gasteiger partial charge on any atom is 0.193 e. The van der Waals surface area contributed by atoms with Gasteiger partial charge in [-0.25, -0.2) is 4.98 Å². The summed E-state index contributed by atoms with van der Waals surface area (Å²) >= 11 is 3.29. The SMILES string of the molecule is C=C(C(=O)c1cccc(N)c1)c1cc(Br)cnc1N. The minimum absolute atomic E-state index is 0.223. The maximum atomic E-state index is 12.3. The average Bonchev–Trinajstić information content (AvgIpc) is 2.40. The van der Waals surface area contributed by atoms with Gasteiger partial charge in [-0.15, -0.1) is 0 Å². The fourth-order valence-electron chi connectivity index (χ4n) is 1.67. The number of nitrogen functional groups attached to an aromatic ring is 2. The predicted molar refractivity (Wildman–Crippen MR) is 80.6 cm³/mol. The van der Waals surface area contributed by atoms with E-state index in [1.54, 1.807) is 36.5 Å². The fourth-order valence-corrected chi connectivity index (χ4v) is 2.00. The number of carbonyl (C=O) groups is 1. The van der Waals surface area contributed by atoms with Gasteiger partial charge in [-0.3, -0.25) is 4.79 Å². The summed E-state index contributed by atoms with van der Waals surface area (Å²) in [5.41, 5.74) is 13.2. The molecule has 4 nitrogen and oxygen atoms in total. The summed E-state index contributed by atoms with van der Waals surface area (Å²) in [6.07, 6.45) is 1.57. The molecular weight excluding hydrogens is 306 g/mol. The molecule has 0 saturated carbocycles. The first kappa shape index (κ1) is 13.3. The standard InChI is InChI=1S/C14H12BrN3O/c1-8(12-6-10(15)7-18-14(12)17)13(19)9-3-2-4-11(16)5-9/h2-7H,1,16H2,(H2,17,18). The number of benzene rings is 1. The van der Waals surface area contributed by atoms with Crippen molar-refractivity contribution in [3.05, 3.63) is 58.7 Å². The Bertz CT molecular complexity index is 667. The lowest BCUT2D eigenvalue weighted by Gasteiger charge is -2.08. The average molecular weight is 318 g/mol. The van der Waals surface area contributed by atoms with Gasteiger partial charge in [-0.05, 0) is 34.1 Å². The van der Waals surface area contributed by atoms with E-state index in [1.807, 2.05) is 0 Å². The molecule has 0 atom stereocenters. The van der Waals surface area contributed by atoms with Crippen LogP contribution in [0.5, 0.6) is 0 Å². The topological polar surface area (TPSA) is 82.0 Å². The molecule has 0 fully saturated rings. The third kappa shape index (κ3) is 2.82. The third-order valence-electron chi connectivity index (χ3n) is 2.63. The summed E-state index contributed by atoms with van der Waals surface area (Å²) in [6, 6.07) is 8.45. The summed E-state index contributed by atoms with van der Waals surface area (Å²) in [6.45, 7) is 3.80. The highest BCUT2D eigenvalue weighted by Crippen LogP contribution is 2.25. The van der Waals surface area contributed by atoms with Crippen molar-refractivity contribution in [2.75, 3.05) is 11.5 Å². The number of pyridine rings is 1. The second-order valence-corrected chi connectivity index (χ2v) is 4.94. The lowest BCUT2D eigenvalue weighted by molar-refractivity contribution is 0.105. The minimum Gasteiger partial charge on any atom is -0.399 e. The van der Waals surface area contributed by atoms with E-state index < -0.39 is 0 Å². The second kappa shape index (κ2) is 5.24. The number of halogens is 1. The molecule has 0 spiro atoms. The Morgan fingerprint density at radius 2 is 2.00 bits per heavy atom. The fraction of sp³-hybridized carbons (Fsp3) is 0. The number of carbonyl (C=O) groups excluding carboxylic acids is 1. The van der Waals surface area contributed by atoms with Gasteiger partial charge in [-0.2, -0.15) is 0 Å². The van der Waals surface area contributed by atoms with Crippen molar-refractivity contribution in [1.82, 2.24) is 4.98 Å². The molecule has 1 heterocycles. The van der Waals surface area contributed by atoms with E-state index in [0.29, 0.717) is 16.8 Å². The molecule has 0 aliphatic rings. The largest absolute Gasteiger partial charge is 0.399 e. The zero-order chi connectivity index (χ0) is 14.0. The van der Waals surface area contributed by atoms with Crippen molar-refractivity contribution in [3.63, 3.8) is 0 Å². The lowest BCUT2D eigenvalue weighted by atomic mass is 9.98. The van der Waals surface area contributed by atoms with Gasteiger partial charge in [0, 0.05) is 33.1 Å². The molecule has 0 aliphatic carbocycles. The lowest BCUT2D eigenvalue weighted by Crippen LogP contribution is -2.06. The van der Waals surface area contributed by atoms with Crippen molar-refractivity contribution in [2.45, 2.75) is 0 Å². The molecule has 5 heteroatoms. The molecule has 4 N–H and O–H groups in total. The van der Waals surface area contributed by atoms with E-state index in [4.69, 9.17) is 11.5 Å². The molecule has 2 rings (SSSR count). The van der Waals surface area contributed by atoms with Crippen LogP contribution in [0, 0.1) is 0 Å². The quantitative estimate of drug-likeness (QED) is 0.518. The first-order chi connectivity index (χ1) is 8.99. The van der Waals surface area contributed by atoms with Crippen molar-refractivity contribution in [1.29, 1.82) is 0 Å². The number of Topliss-reactive ketones (excluding diaryl/α,β-unsaturated/α-hetero) is 1. The Morgan fingerprint density at radius 3 is 2.68 bits per heavy atom. The van der Waals surface area contributed by atoms with Gasteiger partial charge in [0.05, 0.1) is 0 Å². The van der Waals surface area contributed by atoms with Gasteiger partial charge in [0.1, 0.15) is 5.82 Å². The van der Waals surface area contributed by atoms with E-state index in [2.05, 4.69) is 27.5 Å². The van der Waals surface area contributed by atoms with Crippen LogP contribution in [0.1, 0.15) is 15.9 Å². The smallest absolute Gasteiger partial charge is 0.193 e. The van der Waals surface area contributed by atoms with Crippen molar-refractivity contribution in [3.8, 4) is 0 Å². The van der Waals surface area contributed by atoms with Gasteiger partial charge in [0.2, 0.25) is 0 Å². The highest BCUT2D eigenvalue weighted by Gasteiger charge is 2.15. The highest BCUT2D eigenvalue weighted by atomic mass is 79.9. The van der Waals surface area contributed by atoms with Crippen LogP contribution in [-0.2, 0) is 0 Å². The number of ketones is 1. The second-order valence-electron chi connectivity index (χ2n) is 4.02. The Morgan fingerprint density at radius 1 is 1.26 bits per heavy atom. The van der Waals surface area contributed by atoms with Gasteiger partial charge >= 0.3 is 0 Å². The number of hydrogen-bond donors (Lipinski definition) is 2.